The SMILES string of the molecule is Cc1cc(NC(=O)C(=O)NCC2CCN(C(=O)c3ccncc3)CC2)no1. The van der Waals surface area contributed by atoms with Crippen molar-refractivity contribution in [1.29, 1.82) is 0 Å². The van der Waals surface area contributed by atoms with E-state index < -0.39 is 11.8 Å². The zero-order chi connectivity index (χ0) is 19.2. The van der Waals surface area contributed by atoms with Gasteiger partial charge in [0.05, 0.1) is 0 Å². The van der Waals surface area contributed by atoms with Crippen LogP contribution in [-0.2, 0) is 9.59 Å². The topological polar surface area (TPSA) is 117 Å². The molecule has 2 aromatic heterocycles. The molecule has 0 aliphatic carbocycles. The van der Waals surface area contributed by atoms with Gasteiger partial charge in [-0.15, -0.1) is 0 Å². The van der Waals surface area contributed by atoms with E-state index in [9.17, 15) is 14.4 Å². The van der Waals surface area contributed by atoms with Crippen LogP contribution in [0.1, 0.15) is 29.0 Å². The van der Waals surface area contributed by atoms with Gasteiger partial charge in [-0.3, -0.25) is 24.7 Å². The quantitative estimate of drug-likeness (QED) is 0.774. The maximum atomic E-state index is 12.4. The average Bonchev–Trinajstić information content (AvgIpc) is 3.11. The number of aromatic nitrogens is 2. The highest BCUT2D eigenvalue weighted by atomic mass is 16.5. The van der Waals surface area contributed by atoms with E-state index in [4.69, 9.17) is 4.52 Å². The number of aryl methyl sites for hydroxylation is 1. The lowest BCUT2D eigenvalue weighted by atomic mass is 9.96. The molecule has 9 heteroatoms. The second-order valence-corrected chi connectivity index (χ2v) is 6.46. The Morgan fingerprint density at radius 3 is 2.52 bits per heavy atom. The number of likely N-dealkylation sites (tertiary alicyclic amines) is 1. The number of piperidine rings is 1. The number of carbonyl (C=O) groups is 3. The fourth-order valence-corrected chi connectivity index (χ4v) is 2.93. The van der Waals surface area contributed by atoms with E-state index in [2.05, 4.69) is 20.8 Å². The number of pyridine rings is 1. The molecule has 1 aliphatic heterocycles. The van der Waals surface area contributed by atoms with Crippen molar-refractivity contribution in [3.05, 3.63) is 41.9 Å². The van der Waals surface area contributed by atoms with Crippen LogP contribution in [0.2, 0.25) is 0 Å². The van der Waals surface area contributed by atoms with Crippen LogP contribution in [0.4, 0.5) is 5.82 Å². The van der Waals surface area contributed by atoms with E-state index in [1.54, 1.807) is 36.4 Å². The largest absolute Gasteiger partial charge is 0.360 e. The lowest BCUT2D eigenvalue weighted by molar-refractivity contribution is -0.136. The number of anilines is 1. The molecule has 0 unspecified atom stereocenters. The van der Waals surface area contributed by atoms with Crippen molar-refractivity contribution in [2.45, 2.75) is 19.8 Å². The minimum Gasteiger partial charge on any atom is -0.360 e. The molecular formula is C18H21N5O4. The van der Waals surface area contributed by atoms with Gasteiger partial charge < -0.3 is 14.7 Å². The Labute approximate surface area is 156 Å². The number of nitrogens with zero attached hydrogens (tertiary/aromatic N) is 3. The third kappa shape index (κ3) is 4.90. The number of nitrogens with one attached hydrogen (secondary N) is 2. The van der Waals surface area contributed by atoms with Gasteiger partial charge in [0, 0.05) is 43.7 Å². The first kappa shape index (κ1) is 18.6. The van der Waals surface area contributed by atoms with Crippen molar-refractivity contribution in [2.75, 3.05) is 25.0 Å². The zero-order valence-corrected chi connectivity index (χ0v) is 15.0. The molecule has 0 bridgehead atoms. The maximum absolute atomic E-state index is 12.4. The van der Waals surface area contributed by atoms with Gasteiger partial charge in [-0.1, -0.05) is 5.16 Å². The summed E-state index contributed by atoms with van der Waals surface area (Å²) in [5.41, 5.74) is 0.622. The minimum atomic E-state index is -0.784. The number of rotatable bonds is 4. The first-order valence-electron chi connectivity index (χ1n) is 8.74. The molecule has 1 aliphatic rings. The van der Waals surface area contributed by atoms with Crippen molar-refractivity contribution in [1.82, 2.24) is 20.4 Å². The molecule has 2 N–H and O–H groups in total. The highest BCUT2D eigenvalue weighted by molar-refractivity contribution is 6.39. The molecule has 1 fully saturated rings. The fourth-order valence-electron chi connectivity index (χ4n) is 2.93. The summed E-state index contributed by atoms with van der Waals surface area (Å²) in [6.45, 7) is 3.31. The van der Waals surface area contributed by atoms with Crippen LogP contribution in [0.15, 0.2) is 35.1 Å². The lowest BCUT2D eigenvalue weighted by Gasteiger charge is -2.32. The molecule has 0 saturated carbocycles. The molecule has 142 valence electrons. The van der Waals surface area contributed by atoms with Gasteiger partial charge in [0.1, 0.15) is 5.76 Å². The van der Waals surface area contributed by atoms with Gasteiger partial charge in [0.2, 0.25) is 0 Å². The van der Waals surface area contributed by atoms with Crippen LogP contribution in [0.3, 0.4) is 0 Å². The molecular weight excluding hydrogens is 350 g/mol. The van der Waals surface area contributed by atoms with Gasteiger partial charge in [0.15, 0.2) is 5.82 Å². The molecule has 9 nitrogen and oxygen atoms in total. The summed E-state index contributed by atoms with van der Waals surface area (Å²) in [4.78, 5) is 41.8. The van der Waals surface area contributed by atoms with E-state index in [0.717, 1.165) is 12.8 Å². The highest BCUT2D eigenvalue weighted by Crippen LogP contribution is 2.18. The molecule has 3 amide bonds. The molecule has 0 spiro atoms. The van der Waals surface area contributed by atoms with Crippen molar-refractivity contribution in [2.24, 2.45) is 5.92 Å². The van der Waals surface area contributed by atoms with E-state index in [1.807, 2.05) is 0 Å². The van der Waals surface area contributed by atoms with Crippen molar-refractivity contribution < 1.29 is 18.9 Å². The summed E-state index contributed by atoms with van der Waals surface area (Å²) in [5.74, 6) is -0.548. The number of carbonyl (C=O) groups excluding carboxylic acids is 3. The standard InChI is InChI=1S/C18H21N5O4/c1-12-10-15(22-27-12)21-17(25)16(24)20-11-13-4-8-23(9-5-13)18(26)14-2-6-19-7-3-14/h2-3,6-7,10,13H,4-5,8-9,11H2,1H3,(H,20,24)(H,21,22,25). The number of amides is 3. The van der Waals surface area contributed by atoms with E-state index >= 15 is 0 Å². The summed E-state index contributed by atoms with van der Waals surface area (Å²) in [6, 6.07) is 4.92. The molecule has 0 aromatic carbocycles. The van der Waals surface area contributed by atoms with Gasteiger partial charge in [0.25, 0.3) is 5.91 Å². The average molecular weight is 371 g/mol. The van der Waals surface area contributed by atoms with Gasteiger partial charge in [-0.2, -0.15) is 0 Å². The van der Waals surface area contributed by atoms with Crippen LogP contribution >= 0.6 is 0 Å². The minimum absolute atomic E-state index is 0.0119. The zero-order valence-electron chi connectivity index (χ0n) is 15.0. The van der Waals surface area contributed by atoms with Crippen LogP contribution in [0.5, 0.6) is 0 Å². The Kier molecular flexibility index (Phi) is 5.80. The van der Waals surface area contributed by atoms with Crippen LogP contribution in [-0.4, -0.2) is 52.4 Å². The maximum Gasteiger partial charge on any atom is 0.314 e. The molecule has 1 saturated heterocycles. The Balaban J connectivity index is 1.41. The number of hydrogen-bond donors (Lipinski definition) is 2. The summed E-state index contributed by atoms with van der Waals surface area (Å²) in [5, 5.41) is 8.62. The molecule has 0 radical (unpaired) electrons. The van der Waals surface area contributed by atoms with Crippen molar-refractivity contribution in [3.63, 3.8) is 0 Å². The third-order valence-electron chi connectivity index (χ3n) is 4.46. The second kappa shape index (κ2) is 8.43. The summed E-state index contributed by atoms with van der Waals surface area (Å²) in [7, 11) is 0. The van der Waals surface area contributed by atoms with Gasteiger partial charge in [-0.05, 0) is 37.8 Å². The first-order chi connectivity index (χ1) is 13.0. The molecule has 3 rings (SSSR count). The predicted molar refractivity (Wildman–Crippen MR) is 95.7 cm³/mol. The summed E-state index contributed by atoms with van der Waals surface area (Å²) in [6.07, 6.45) is 4.73. The van der Waals surface area contributed by atoms with E-state index in [1.165, 1.54) is 6.07 Å². The Bertz CT molecular complexity index is 812. The van der Waals surface area contributed by atoms with Gasteiger partial charge in [-0.25, -0.2) is 0 Å². The highest BCUT2D eigenvalue weighted by Gasteiger charge is 2.24. The van der Waals surface area contributed by atoms with Crippen LogP contribution < -0.4 is 10.6 Å². The number of hydrogen-bond acceptors (Lipinski definition) is 6. The summed E-state index contributed by atoms with van der Waals surface area (Å²) < 4.78 is 4.83. The molecule has 3 heterocycles. The molecule has 2 aromatic rings. The molecule has 27 heavy (non-hydrogen) atoms. The second-order valence-electron chi connectivity index (χ2n) is 6.46. The summed E-state index contributed by atoms with van der Waals surface area (Å²) >= 11 is 0. The van der Waals surface area contributed by atoms with Crippen molar-refractivity contribution in [3.8, 4) is 0 Å². The molecule has 0 atom stereocenters. The Morgan fingerprint density at radius 2 is 1.89 bits per heavy atom. The normalized spacial score (nSPS) is 14.6. The first-order valence-corrected chi connectivity index (χ1v) is 8.74. The monoisotopic (exact) mass is 371 g/mol. The predicted octanol–water partition coefficient (Wildman–Crippen LogP) is 0.985. The van der Waals surface area contributed by atoms with Gasteiger partial charge >= 0.3 is 11.8 Å². The Hall–Kier alpha value is -3.23. The third-order valence-corrected chi connectivity index (χ3v) is 4.46. The van der Waals surface area contributed by atoms with E-state index in [-0.39, 0.29) is 17.6 Å². The van der Waals surface area contributed by atoms with Crippen molar-refractivity contribution >= 4 is 23.5 Å². The lowest BCUT2D eigenvalue weighted by Crippen LogP contribution is -2.43. The smallest absolute Gasteiger partial charge is 0.314 e. The fraction of sp³-hybridized carbons (Fsp3) is 0.389. The van der Waals surface area contributed by atoms with Crippen LogP contribution in [0, 0.1) is 12.8 Å². The van der Waals surface area contributed by atoms with E-state index in [0.29, 0.717) is 31.0 Å². The Morgan fingerprint density at radius 1 is 1.19 bits per heavy atom. The van der Waals surface area contributed by atoms with Crippen LogP contribution in [0.25, 0.3) is 0 Å².